The second kappa shape index (κ2) is 4.03. The van der Waals surface area contributed by atoms with Crippen LogP contribution in [0, 0.1) is 6.92 Å². The Labute approximate surface area is 95.4 Å². The third-order valence-electron chi connectivity index (χ3n) is 2.52. The molecule has 1 aromatic carbocycles. The molecule has 1 unspecified atom stereocenters. The molecule has 1 aliphatic rings. The quantitative estimate of drug-likeness (QED) is 0.858. The van der Waals surface area contributed by atoms with E-state index in [0.29, 0.717) is 11.1 Å². The molecule has 1 aliphatic carbocycles. The van der Waals surface area contributed by atoms with E-state index in [0.717, 1.165) is 29.7 Å². The summed E-state index contributed by atoms with van der Waals surface area (Å²) in [6, 6.07) is 3.93. The summed E-state index contributed by atoms with van der Waals surface area (Å²) in [6.45, 7) is 3.96. The van der Waals surface area contributed by atoms with Gasteiger partial charge in [-0.2, -0.15) is 0 Å². The van der Waals surface area contributed by atoms with Gasteiger partial charge >= 0.3 is 0 Å². The van der Waals surface area contributed by atoms with Crippen LogP contribution in [-0.4, -0.2) is 6.10 Å². The van der Waals surface area contributed by atoms with Crippen molar-refractivity contribution in [3.8, 4) is 5.75 Å². The first kappa shape index (κ1) is 10.8. The standard InChI is InChI=1S/C12H16ClNO/c1-7-5-10(8(2)14)12(11(13)6-7)15-9-3-4-9/h5-6,8-9H,3-4,14H2,1-2H3. The molecular formula is C12H16ClNO. The van der Waals surface area contributed by atoms with E-state index in [4.69, 9.17) is 22.1 Å². The molecule has 0 aliphatic heterocycles. The zero-order chi connectivity index (χ0) is 11.0. The van der Waals surface area contributed by atoms with Gasteiger partial charge in [-0.15, -0.1) is 0 Å². The lowest BCUT2D eigenvalue weighted by atomic mass is 10.1. The molecule has 0 radical (unpaired) electrons. The average Bonchev–Trinajstić information content (AvgIpc) is 2.92. The maximum absolute atomic E-state index is 6.17. The Balaban J connectivity index is 2.38. The monoisotopic (exact) mass is 225 g/mol. The summed E-state index contributed by atoms with van der Waals surface area (Å²) < 4.78 is 5.79. The number of halogens is 1. The summed E-state index contributed by atoms with van der Waals surface area (Å²) >= 11 is 6.17. The van der Waals surface area contributed by atoms with Crippen LogP contribution < -0.4 is 10.5 Å². The van der Waals surface area contributed by atoms with E-state index in [1.54, 1.807) is 0 Å². The van der Waals surface area contributed by atoms with Gasteiger partial charge in [0.15, 0.2) is 0 Å². The molecular weight excluding hydrogens is 210 g/mol. The average molecular weight is 226 g/mol. The van der Waals surface area contributed by atoms with Crippen LogP contribution in [0.15, 0.2) is 12.1 Å². The van der Waals surface area contributed by atoms with Crippen LogP contribution in [0.1, 0.15) is 36.9 Å². The molecule has 1 saturated carbocycles. The van der Waals surface area contributed by atoms with Crippen molar-refractivity contribution in [3.63, 3.8) is 0 Å². The van der Waals surface area contributed by atoms with Gasteiger partial charge < -0.3 is 10.5 Å². The Morgan fingerprint density at radius 3 is 2.67 bits per heavy atom. The van der Waals surface area contributed by atoms with Gasteiger partial charge in [0.2, 0.25) is 0 Å². The van der Waals surface area contributed by atoms with E-state index in [9.17, 15) is 0 Å². The van der Waals surface area contributed by atoms with Crippen molar-refractivity contribution in [2.24, 2.45) is 5.73 Å². The molecule has 1 atom stereocenters. The lowest BCUT2D eigenvalue weighted by Crippen LogP contribution is -2.09. The van der Waals surface area contributed by atoms with Crippen molar-refractivity contribution < 1.29 is 4.74 Å². The lowest BCUT2D eigenvalue weighted by Gasteiger charge is -2.16. The Morgan fingerprint density at radius 2 is 2.13 bits per heavy atom. The number of ether oxygens (including phenoxy) is 1. The second-order valence-electron chi connectivity index (χ2n) is 4.27. The number of aryl methyl sites for hydroxylation is 1. The lowest BCUT2D eigenvalue weighted by molar-refractivity contribution is 0.298. The zero-order valence-corrected chi connectivity index (χ0v) is 9.84. The van der Waals surface area contributed by atoms with Crippen molar-refractivity contribution >= 4 is 11.6 Å². The Bertz CT molecular complexity index is 372. The van der Waals surface area contributed by atoms with Crippen molar-refractivity contribution in [1.82, 2.24) is 0 Å². The Morgan fingerprint density at radius 1 is 1.47 bits per heavy atom. The molecule has 2 nitrogen and oxygen atoms in total. The highest BCUT2D eigenvalue weighted by Crippen LogP contribution is 2.37. The van der Waals surface area contributed by atoms with Gasteiger partial charge in [-0.3, -0.25) is 0 Å². The molecule has 1 aromatic rings. The summed E-state index contributed by atoms with van der Waals surface area (Å²) in [5.74, 6) is 0.778. The van der Waals surface area contributed by atoms with Crippen LogP contribution in [0.4, 0.5) is 0 Å². The zero-order valence-electron chi connectivity index (χ0n) is 9.09. The van der Waals surface area contributed by atoms with Crippen LogP contribution >= 0.6 is 11.6 Å². The van der Waals surface area contributed by atoms with E-state index in [-0.39, 0.29) is 6.04 Å². The summed E-state index contributed by atoms with van der Waals surface area (Å²) in [4.78, 5) is 0. The molecule has 0 aromatic heterocycles. The minimum Gasteiger partial charge on any atom is -0.489 e. The van der Waals surface area contributed by atoms with E-state index >= 15 is 0 Å². The van der Waals surface area contributed by atoms with E-state index in [2.05, 4.69) is 0 Å². The van der Waals surface area contributed by atoms with Gasteiger partial charge in [-0.25, -0.2) is 0 Å². The summed E-state index contributed by atoms with van der Waals surface area (Å²) in [6.07, 6.45) is 2.60. The predicted octanol–water partition coefficient (Wildman–Crippen LogP) is 3.21. The molecule has 0 amide bonds. The minimum atomic E-state index is -0.0452. The minimum absolute atomic E-state index is 0.0452. The van der Waals surface area contributed by atoms with Gasteiger partial charge in [-0.05, 0) is 38.3 Å². The fraction of sp³-hybridized carbons (Fsp3) is 0.500. The van der Waals surface area contributed by atoms with Gasteiger partial charge in [0.25, 0.3) is 0 Å². The van der Waals surface area contributed by atoms with Gasteiger partial charge in [0.05, 0.1) is 11.1 Å². The van der Waals surface area contributed by atoms with Crippen LogP contribution in [0.25, 0.3) is 0 Å². The molecule has 0 heterocycles. The van der Waals surface area contributed by atoms with Crippen molar-refractivity contribution in [3.05, 3.63) is 28.3 Å². The smallest absolute Gasteiger partial charge is 0.143 e. The predicted molar refractivity (Wildman–Crippen MR) is 62.4 cm³/mol. The molecule has 1 fully saturated rings. The van der Waals surface area contributed by atoms with E-state index in [1.165, 1.54) is 0 Å². The molecule has 0 spiro atoms. The maximum atomic E-state index is 6.17. The summed E-state index contributed by atoms with van der Waals surface area (Å²) in [7, 11) is 0. The molecule has 82 valence electrons. The van der Waals surface area contributed by atoms with Gasteiger partial charge in [-0.1, -0.05) is 17.7 Å². The van der Waals surface area contributed by atoms with Gasteiger partial charge in [0.1, 0.15) is 5.75 Å². The molecule has 0 saturated heterocycles. The molecule has 3 heteroatoms. The number of hydrogen-bond acceptors (Lipinski definition) is 2. The summed E-state index contributed by atoms with van der Waals surface area (Å²) in [5, 5.41) is 0.675. The van der Waals surface area contributed by atoms with Crippen molar-refractivity contribution in [2.75, 3.05) is 0 Å². The Kier molecular flexibility index (Phi) is 2.89. The number of hydrogen-bond donors (Lipinski definition) is 1. The topological polar surface area (TPSA) is 35.2 Å². The fourth-order valence-corrected chi connectivity index (χ4v) is 1.90. The van der Waals surface area contributed by atoms with E-state index < -0.39 is 0 Å². The number of nitrogens with two attached hydrogens (primary N) is 1. The second-order valence-corrected chi connectivity index (χ2v) is 4.68. The molecule has 2 rings (SSSR count). The van der Waals surface area contributed by atoms with Crippen LogP contribution in [0.5, 0.6) is 5.75 Å². The van der Waals surface area contributed by atoms with Crippen LogP contribution in [-0.2, 0) is 0 Å². The number of benzene rings is 1. The number of rotatable bonds is 3. The first-order valence-electron chi connectivity index (χ1n) is 5.30. The third kappa shape index (κ3) is 2.44. The van der Waals surface area contributed by atoms with E-state index in [1.807, 2.05) is 26.0 Å². The summed E-state index contributed by atoms with van der Waals surface area (Å²) in [5.41, 5.74) is 8.04. The third-order valence-corrected chi connectivity index (χ3v) is 2.80. The molecule has 0 bridgehead atoms. The maximum Gasteiger partial charge on any atom is 0.143 e. The largest absolute Gasteiger partial charge is 0.489 e. The van der Waals surface area contributed by atoms with Crippen LogP contribution in [0.3, 0.4) is 0 Å². The fourth-order valence-electron chi connectivity index (χ4n) is 1.57. The normalized spacial score (nSPS) is 17.6. The SMILES string of the molecule is Cc1cc(Cl)c(OC2CC2)c(C(C)N)c1. The molecule has 2 N–H and O–H groups in total. The first-order chi connectivity index (χ1) is 7.08. The Hall–Kier alpha value is -0.730. The van der Waals surface area contributed by atoms with Crippen molar-refractivity contribution in [2.45, 2.75) is 38.8 Å². The van der Waals surface area contributed by atoms with Crippen LogP contribution in [0.2, 0.25) is 5.02 Å². The molecule has 15 heavy (non-hydrogen) atoms. The van der Waals surface area contributed by atoms with Crippen molar-refractivity contribution in [1.29, 1.82) is 0 Å². The highest BCUT2D eigenvalue weighted by molar-refractivity contribution is 6.32. The highest BCUT2D eigenvalue weighted by atomic mass is 35.5. The highest BCUT2D eigenvalue weighted by Gasteiger charge is 2.26. The first-order valence-corrected chi connectivity index (χ1v) is 5.68. The van der Waals surface area contributed by atoms with Gasteiger partial charge in [0, 0.05) is 11.6 Å².